The Kier molecular flexibility index (Phi) is 4.15. The molecule has 0 radical (unpaired) electrons. The van der Waals surface area contributed by atoms with E-state index in [0.717, 1.165) is 42.9 Å². The van der Waals surface area contributed by atoms with Crippen molar-refractivity contribution >= 4 is 16.9 Å². The molecule has 0 aliphatic heterocycles. The van der Waals surface area contributed by atoms with Gasteiger partial charge in [-0.1, -0.05) is 6.92 Å². The van der Waals surface area contributed by atoms with Crippen LogP contribution < -0.4 is 10.2 Å². The molecule has 0 aromatic carbocycles. The maximum absolute atomic E-state index is 4.51. The summed E-state index contributed by atoms with van der Waals surface area (Å²) in [5.41, 5.74) is 2.12. The number of nitrogens with one attached hydrogen (secondary N) is 1. The number of hydrogen-bond acceptors (Lipinski definition) is 4. The minimum absolute atomic E-state index is 0.949. The Hall–Kier alpha value is -1.62. The number of anilines is 1. The highest BCUT2D eigenvalue weighted by atomic mass is 15.2. The van der Waals surface area contributed by atoms with Gasteiger partial charge < -0.3 is 14.8 Å². The van der Waals surface area contributed by atoms with Crippen LogP contribution in [0.1, 0.15) is 13.3 Å². The summed E-state index contributed by atoms with van der Waals surface area (Å²) in [4.78, 5) is 11.3. The van der Waals surface area contributed by atoms with E-state index in [4.69, 9.17) is 0 Å². The van der Waals surface area contributed by atoms with Crippen LogP contribution in [0.2, 0.25) is 0 Å². The SMILES string of the molecule is CCCN(CCNC)c1nccc2c1ncn2C. The lowest BCUT2D eigenvalue weighted by atomic mass is 10.3. The predicted octanol–water partition coefficient (Wildman–Crippen LogP) is 1.40. The number of likely N-dealkylation sites (N-methyl/N-ethyl adjacent to an activating group) is 1. The predicted molar refractivity (Wildman–Crippen MR) is 74.9 cm³/mol. The monoisotopic (exact) mass is 247 g/mol. The molecule has 2 rings (SSSR count). The molecule has 0 aliphatic rings. The van der Waals surface area contributed by atoms with Crippen LogP contribution in [0, 0.1) is 0 Å². The van der Waals surface area contributed by atoms with Gasteiger partial charge in [-0.25, -0.2) is 9.97 Å². The van der Waals surface area contributed by atoms with Gasteiger partial charge >= 0.3 is 0 Å². The van der Waals surface area contributed by atoms with E-state index in [1.165, 1.54) is 0 Å². The van der Waals surface area contributed by atoms with Gasteiger partial charge in [0.05, 0.1) is 11.8 Å². The van der Waals surface area contributed by atoms with Crippen molar-refractivity contribution in [2.24, 2.45) is 7.05 Å². The lowest BCUT2D eigenvalue weighted by Gasteiger charge is -2.23. The summed E-state index contributed by atoms with van der Waals surface area (Å²) in [6.45, 7) is 5.09. The first-order chi connectivity index (χ1) is 8.77. The maximum atomic E-state index is 4.51. The van der Waals surface area contributed by atoms with Gasteiger partial charge in [0.25, 0.3) is 0 Å². The number of nitrogens with zero attached hydrogens (tertiary/aromatic N) is 4. The van der Waals surface area contributed by atoms with Crippen molar-refractivity contribution in [3.63, 3.8) is 0 Å². The number of rotatable bonds is 6. The maximum Gasteiger partial charge on any atom is 0.156 e. The fourth-order valence-corrected chi connectivity index (χ4v) is 2.12. The van der Waals surface area contributed by atoms with Gasteiger partial charge in [-0.3, -0.25) is 0 Å². The Balaban J connectivity index is 2.36. The number of hydrogen-bond donors (Lipinski definition) is 1. The van der Waals surface area contributed by atoms with Gasteiger partial charge in [-0.2, -0.15) is 0 Å². The Morgan fingerprint density at radius 1 is 1.33 bits per heavy atom. The number of aromatic nitrogens is 3. The quantitative estimate of drug-likeness (QED) is 0.838. The first-order valence-electron chi connectivity index (χ1n) is 6.43. The highest BCUT2D eigenvalue weighted by molar-refractivity contribution is 5.86. The third-order valence-electron chi connectivity index (χ3n) is 3.05. The first kappa shape index (κ1) is 12.8. The Bertz CT molecular complexity index is 505. The normalized spacial score (nSPS) is 11.1. The molecule has 5 heteroatoms. The zero-order valence-electron chi connectivity index (χ0n) is 11.3. The average Bonchev–Trinajstić information content (AvgIpc) is 2.77. The molecule has 2 aromatic rings. The third kappa shape index (κ3) is 2.46. The molecule has 1 N–H and O–H groups in total. The van der Waals surface area contributed by atoms with Crippen molar-refractivity contribution in [1.29, 1.82) is 0 Å². The molecule has 0 fully saturated rings. The summed E-state index contributed by atoms with van der Waals surface area (Å²) in [6, 6.07) is 2.01. The molecule has 5 nitrogen and oxygen atoms in total. The highest BCUT2D eigenvalue weighted by Crippen LogP contribution is 2.22. The minimum Gasteiger partial charge on any atom is -0.354 e. The van der Waals surface area contributed by atoms with Crippen LogP contribution in [0.4, 0.5) is 5.82 Å². The van der Waals surface area contributed by atoms with Crippen LogP contribution >= 0.6 is 0 Å². The van der Waals surface area contributed by atoms with Crippen LogP contribution in [-0.2, 0) is 7.05 Å². The van der Waals surface area contributed by atoms with Gasteiger partial charge in [0.1, 0.15) is 5.52 Å². The van der Waals surface area contributed by atoms with Crippen LogP contribution in [0.3, 0.4) is 0 Å². The van der Waals surface area contributed by atoms with Crippen LogP contribution in [0.15, 0.2) is 18.6 Å². The van der Waals surface area contributed by atoms with Crippen molar-refractivity contribution in [1.82, 2.24) is 19.9 Å². The van der Waals surface area contributed by atoms with E-state index in [9.17, 15) is 0 Å². The molecular weight excluding hydrogens is 226 g/mol. The molecule has 2 aromatic heterocycles. The van der Waals surface area contributed by atoms with Gasteiger partial charge in [0, 0.05) is 32.9 Å². The van der Waals surface area contributed by atoms with Crippen LogP contribution in [0.5, 0.6) is 0 Å². The molecule has 0 unspecified atom stereocenters. The summed E-state index contributed by atoms with van der Waals surface area (Å²) >= 11 is 0. The Labute approximate surface area is 108 Å². The molecule has 0 bridgehead atoms. The van der Waals surface area contributed by atoms with Crippen molar-refractivity contribution in [3.8, 4) is 0 Å². The van der Waals surface area contributed by atoms with E-state index in [0.29, 0.717) is 0 Å². The summed E-state index contributed by atoms with van der Waals surface area (Å²) in [5.74, 6) is 0.991. The average molecular weight is 247 g/mol. The number of fused-ring (bicyclic) bond motifs is 1. The largest absolute Gasteiger partial charge is 0.354 e. The van der Waals surface area contributed by atoms with Crippen molar-refractivity contribution in [3.05, 3.63) is 18.6 Å². The van der Waals surface area contributed by atoms with Gasteiger partial charge in [-0.15, -0.1) is 0 Å². The van der Waals surface area contributed by atoms with E-state index < -0.39 is 0 Å². The van der Waals surface area contributed by atoms with Crippen molar-refractivity contribution in [2.45, 2.75) is 13.3 Å². The molecule has 2 heterocycles. The topological polar surface area (TPSA) is 46.0 Å². The number of pyridine rings is 1. The molecule has 98 valence electrons. The summed E-state index contributed by atoms with van der Waals surface area (Å²) < 4.78 is 2.03. The number of aryl methyl sites for hydroxylation is 1. The molecule has 18 heavy (non-hydrogen) atoms. The lowest BCUT2D eigenvalue weighted by molar-refractivity contribution is 0.704. The zero-order chi connectivity index (χ0) is 13.0. The zero-order valence-corrected chi connectivity index (χ0v) is 11.3. The molecule has 0 atom stereocenters. The molecule has 0 amide bonds. The van der Waals surface area contributed by atoms with E-state index in [-0.39, 0.29) is 0 Å². The van der Waals surface area contributed by atoms with Crippen molar-refractivity contribution < 1.29 is 0 Å². The molecule has 0 saturated heterocycles. The van der Waals surface area contributed by atoms with E-state index in [1.807, 2.05) is 37.3 Å². The second kappa shape index (κ2) is 5.82. The Morgan fingerprint density at radius 2 is 2.17 bits per heavy atom. The molecule has 0 spiro atoms. The van der Waals surface area contributed by atoms with Gasteiger partial charge in [-0.05, 0) is 19.5 Å². The highest BCUT2D eigenvalue weighted by Gasteiger charge is 2.13. The lowest BCUT2D eigenvalue weighted by Crippen LogP contribution is -2.32. The summed E-state index contributed by atoms with van der Waals surface area (Å²) in [5, 5.41) is 3.18. The van der Waals surface area contributed by atoms with Crippen LogP contribution in [-0.4, -0.2) is 41.2 Å². The fourth-order valence-electron chi connectivity index (χ4n) is 2.12. The standard InChI is InChI=1S/C13H21N5/c1-4-8-18(9-7-14-2)13-12-11(5-6-15-13)17(3)10-16-12/h5-6,10,14H,4,7-9H2,1-3H3. The smallest absolute Gasteiger partial charge is 0.156 e. The van der Waals surface area contributed by atoms with Gasteiger partial charge in [0.2, 0.25) is 0 Å². The van der Waals surface area contributed by atoms with E-state index in [1.54, 1.807) is 0 Å². The Morgan fingerprint density at radius 3 is 2.89 bits per heavy atom. The fraction of sp³-hybridized carbons (Fsp3) is 0.538. The second-order valence-corrected chi connectivity index (χ2v) is 4.45. The number of imidazole rings is 1. The molecule has 0 saturated carbocycles. The van der Waals surface area contributed by atoms with E-state index in [2.05, 4.69) is 27.1 Å². The van der Waals surface area contributed by atoms with Crippen LogP contribution in [0.25, 0.3) is 11.0 Å². The third-order valence-corrected chi connectivity index (χ3v) is 3.05. The summed E-state index contributed by atoms with van der Waals surface area (Å²) in [6.07, 6.45) is 4.81. The second-order valence-electron chi connectivity index (χ2n) is 4.45. The first-order valence-corrected chi connectivity index (χ1v) is 6.43. The molecular formula is C13H21N5. The molecule has 0 aliphatic carbocycles. The minimum atomic E-state index is 0.949. The van der Waals surface area contributed by atoms with Gasteiger partial charge in [0.15, 0.2) is 5.82 Å². The van der Waals surface area contributed by atoms with E-state index >= 15 is 0 Å². The summed E-state index contributed by atoms with van der Waals surface area (Å²) in [7, 11) is 3.98. The van der Waals surface area contributed by atoms with Crippen molar-refractivity contribution in [2.75, 3.05) is 31.6 Å².